The highest BCUT2D eigenvalue weighted by atomic mass is 16.2. The smallest absolute Gasteiger partial charge is 0.319 e. The van der Waals surface area contributed by atoms with Gasteiger partial charge in [0.15, 0.2) is 0 Å². The largest absolute Gasteiger partial charge is 0.334 e. The molecule has 21 heavy (non-hydrogen) atoms. The molecule has 3 aromatic rings. The highest BCUT2D eigenvalue weighted by molar-refractivity contribution is 5.91. The summed E-state index contributed by atoms with van der Waals surface area (Å²) in [5.41, 5.74) is 3.29. The van der Waals surface area contributed by atoms with E-state index in [-0.39, 0.29) is 6.03 Å². The molecule has 0 bridgehead atoms. The van der Waals surface area contributed by atoms with Gasteiger partial charge in [-0.15, -0.1) is 0 Å². The number of nitrogens with one attached hydrogen (secondary N) is 2. The minimum absolute atomic E-state index is 0.248. The molecule has 2 N–H and O–H groups in total. The molecule has 1 heterocycles. The number of hydrogen-bond donors (Lipinski definition) is 2. The molecule has 0 fully saturated rings. The van der Waals surface area contributed by atoms with Crippen molar-refractivity contribution in [3.63, 3.8) is 0 Å². The number of fused-ring (bicyclic) bond motifs is 1. The van der Waals surface area contributed by atoms with Crippen LogP contribution in [0.15, 0.2) is 60.9 Å². The molecule has 0 aliphatic heterocycles. The molecular formula is C16H14N4O. The van der Waals surface area contributed by atoms with E-state index in [1.54, 1.807) is 24.5 Å². The van der Waals surface area contributed by atoms with E-state index in [1.807, 2.05) is 36.4 Å². The van der Waals surface area contributed by atoms with E-state index in [0.717, 1.165) is 16.6 Å². The van der Waals surface area contributed by atoms with E-state index in [0.29, 0.717) is 12.2 Å². The second-order valence-corrected chi connectivity index (χ2v) is 4.55. The summed E-state index contributed by atoms with van der Waals surface area (Å²) in [7, 11) is 0. The summed E-state index contributed by atoms with van der Waals surface area (Å²) in [6, 6.07) is 14.9. The summed E-state index contributed by atoms with van der Waals surface area (Å²) in [6.45, 7) is 0.486. The Kier molecular flexibility index (Phi) is 3.73. The molecule has 1 aromatic heterocycles. The minimum Gasteiger partial charge on any atom is -0.334 e. The number of rotatable bonds is 3. The first-order valence-corrected chi connectivity index (χ1v) is 6.61. The zero-order valence-electron chi connectivity index (χ0n) is 11.3. The van der Waals surface area contributed by atoms with E-state index in [4.69, 9.17) is 0 Å². The topological polar surface area (TPSA) is 66.9 Å². The lowest BCUT2D eigenvalue weighted by Gasteiger charge is -2.08. The van der Waals surface area contributed by atoms with Crippen molar-refractivity contribution in [3.05, 3.63) is 66.5 Å². The van der Waals surface area contributed by atoms with Crippen LogP contribution >= 0.6 is 0 Å². The second kappa shape index (κ2) is 6.00. The molecule has 0 aliphatic carbocycles. The van der Waals surface area contributed by atoms with Gasteiger partial charge in [0.25, 0.3) is 0 Å². The molecule has 0 aliphatic rings. The van der Waals surface area contributed by atoms with Crippen molar-refractivity contribution < 1.29 is 4.79 Å². The van der Waals surface area contributed by atoms with Crippen molar-refractivity contribution >= 4 is 22.8 Å². The van der Waals surface area contributed by atoms with Gasteiger partial charge < -0.3 is 10.6 Å². The van der Waals surface area contributed by atoms with Gasteiger partial charge in [-0.3, -0.25) is 9.97 Å². The lowest BCUT2D eigenvalue weighted by Crippen LogP contribution is -2.28. The molecule has 0 spiro atoms. The SMILES string of the molecule is O=C(NCc1ccccc1)Nc1ccc2nccnc2c1. The molecule has 2 aromatic carbocycles. The number of carbonyl (C=O) groups excluding carboxylic acids is 1. The number of anilines is 1. The van der Waals surface area contributed by atoms with Crippen LogP contribution in [0.2, 0.25) is 0 Å². The van der Waals surface area contributed by atoms with Crippen LogP contribution in [0.1, 0.15) is 5.56 Å². The van der Waals surface area contributed by atoms with Crippen LogP contribution in [0, 0.1) is 0 Å². The van der Waals surface area contributed by atoms with Crippen molar-refractivity contribution in [2.45, 2.75) is 6.54 Å². The van der Waals surface area contributed by atoms with Gasteiger partial charge in [-0.2, -0.15) is 0 Å². The van der Waals surface area contributed by atoms with Crippen LogP contribution in [0.3, 0.4) is 0 Å². The number of nitrogens with zero attached hydrogens (tertiary/aromatic N) is 2. The van der Waals surface area contributed by atoms with E-state index in [1.165, 1.54) is 0 Å². The molecule has 0 saturated heterocycles. The third kappa shape index (κ3) is 3.33. The summed E-state index contributed by atoms with van der Waals surface area (Å²) in [6.07, 6.45) is 3.27. The first kappa shape index (κ1) is 13.1. The van der Waals surface area contributed by atoms with E-state index >= 15 is 0 Å². The fourth-order valence-corrected chi connectivity index (χ4v) is 1.99. The number of urea groups is 1. The molecule has 2 amide bonds. The molecule has 5 nitrogen and oxygen atoms in total. The number of hydrogen-bond acceptors (Lipinski definition) is 3. The first-order valence-electron chi connectivity index (χ1n) is 6.61. The fraction of sp³-hybridized carbons (Fsp3) is 0.0625. The second-order valence-electron chi connectivity index (χ2n) is 4.55. The summed E-state index contributed by atoms with van der Waals surface area (Å²) < 4.78 is 0. The lowest BCUT2D eigenvalue weighted by atomic mass is 10.2. The molecule has 0 atom stereocenters. The molecule has 5 heteroatoms. The number of aromatic nitrogens is 2. The number of carbonyl (C=O) groups is 1. The van der Waals surface area contributed by atoms with Crippen molar-refractivity contribution in [2.75, 3.05) is 5.32 Å². The number of benzene rings is 2. The molecule has 3 rings (SSSR count). The summed E-state index contributed by atoms with van der Waals surface area (Å²) in [4.78, 5) is 20.3. The molecule has 0 saturated carbocycles. The van der Waals surface area contributed by atoms with Gasteiger partial charge >= 0.3 is 6.03 Å². The Balaban J connectivity index is 1.63. The van der Waals surface area contributed by atoms with Crippen LogP contribution in [0.5, 0.6) is 0 Å². The predicted molar refractivity (Wildman–Crippen MR) is 81.8 cm³/mol. The van der Waals surface area contributed by atoms with E-state index < -0.39 is 0 Å². The third-order valence-electron chi connectivity index (χ3n) is 3.02. The highest BCUT2D eigenvalue weighted by Crippen LogP contribution is 2.14. The van der Waals surface area contributed by atoms with Crippen LogP contribution in [0.4, 0.5) is 10.5 Å². The molecule has 104 valence electrons. The first-order chi connectivity index (χ1) is 10.3. The van der Waals surface area contributed by atoms with Gasteiger partial charge in [0.2, 0.25) is 0 Å². The summed E-state index contributed by atoms with van der Waals surface area (Å²) in [5, 5.41) is 5.60. The Labute approximate surface area is 122 Å². The van der Waals surface area contributed by atoms with Crippen molar-refractivity contribution in [2.24, 2.45) is 0 Å². The van der Waals surface area contributed by atoms with Gasteiger partial charge in [-0.05, 0) is 23.8 Å². The highest BCUT2D eigenvalue weighted by Gasteiger charge is 2.03. The van der Waals surface area contributed by atoms with Gasteiger partial charge in [0, 0.05) is 24.6 Å². The van der Waals surface area contributed by atoms with Gasteiger partial charge in [-0.25, -0.2) is 4.79 Å². The fourth-order valence-electron chi connectivity index (χ4n) is 1.99. The van der Waals surface area contributed by atoms with Gasteiger partial charge in [0.1, 0.15) is 0 Å². The summed E-state index contributed by atoms with van der Waals surface area (Å²) >= 11 is 0. The Bertz CT molecular complexity index is 758. The maximum atomic E-state index is 11.9. The Morgan fingerprint density at radius 3 is 2.52 bits per heavy atom. The van der Waals surface area contributed by atoms with Crippen LogP contribution in [-0.2, 0) is 6.54 Å². The average molecular weight is 278 g/mol. The van der Waals surface area contributed by atoms with E-state index in [2.05, 4.69) is 20.6 Å². The Morgan fingerprint density at radius 1 is 0.952 bits per heavy atom. The zero-order valence-corrected chi connectivity index (χ0v) is 11.3. The Hall–Kier alpha value is -2.95. The average Bonchev–Trinajstić information content (AvgIpc) is 2.54. The zero-order chi connectivity index (χ0) is 14.5. The normalized spacial score (nSPS) is 10.3. The van der Waals surface area contributed by atoms with Crippen LogP contribution < -0.4 is 10.6 Å². The van der Waals surface area contributed by atoms with Gasteiger partial charge in [-0.1, -0.05) is 30.3 Å². The molecular weight excluding hydrogens is 264 g/mol. The maximum absolute atomic E-state index is 11.9. The van der Waals surface area contributed by atoms with Crippen LogP contribution in [-0.4, -0.2) is 16.0 Å². The van der Waals surface area contributed by atoms with Crippen molar-refractivity contribution in [3.8, 4) is 0 Å². The minimum atomic E-state index is -0.248. The third-order valence-corrected chi connectivity index (χ3v) is 3.02. The predicted octanol–water partition coefficient (Wildman–Crippen LogP) is 2.95. The monoisotopic (exact) mass is 278 g/mol. The van der Waals surface area contributed by atoms with Gasteiger partial charge in [0.05, 0.1) is 11.0 Å². The maximum Gasteiger partial charge on any atom is 0.319 e. The van der Waals surface area contributed by atoms with E-state index in [9.17, 15) is 4.79 Å². The van der Waals surface area contributed by atoms with Crippen LogP contribution in [0.25, 0.3) is 11.0 Å². The lowest BCUT2D eigenvalue weighted by molar-refractivity contribution is 0.251. The van der Waals surface area contributed by atoms with Crippen molar-refractivity contribution in [1.29, 1.82) is 0 Å². The van der Waals surface area contributed by atoms with Crippen molar-refractivity contribution in [1.82, 2.24) is 15.3 Å². The Morgan fingerprint density at radius 2 is 1.71 bits per heavy atom. The summed E-state index contributed by atoms with van der Waals surface area (Å²) in [5.74, 6) is 0. The number of amides is 2. The quantitative estimate of drug-likeness (QED) is 0.774. The molecule has 0 unspecified atom stereocenters. The standard InChI is InChI=1S/C16H14N4O/c21-16(19-11-12-4-2-1-3-5-12)20-13-6-7-14-15(10-13)18-9-8-17-14/h1-10H,11H2,(H2,19,20,21). The molecule has 0 radical (unpaired) electrons.